The predicted molar refractivity (Wildman–Crippen MR) is 146 cm³/mol. The normalized spacial score (nSPS) is 15.3. The zero-order valence-corrected chi connectivity index (χ0v) is 22.2. The van der Waals surface area contributed by atoms with Crippen molar-refractivity contribution >= 4 is 39.2 Å². The third-order valence-corrected chi connectivity index (χ3v) is 8.42. The number of fused-ring (bicyclic) bond motifs is 3. The molecule has 0 saturated heterocycles. The molecule has 0 saturated carbocycles. The van der Waals surface area contributed by atoms with Gasteiger partial charge >= 0.3 is 0 Å². The Morgan fingerprint density at radius 1 is 1.22 bits per heavy atom. The molecule has 3 heterocycles. The predicted octanol–water partition coefficient (Wildman–Crippen LogP) is 5.26. The van der Waals surface area contributed by atoms with Crippen molar-refractivity contribution in [2.24, 2.45) is 5.92 Å². The van der Waals surface area contributed by atoms with Crippen LogP contribution < -0.4 is 10.9 Å². The number of nitrogens with one attached hydrogen (secondary N) is 1. The highest BCUT2D eigenvalue weighted by atomic mass is 32.2. The molecule has 0 fully saturated rings. The van der Waals surface area contributed by atoms with Crippen LogP contribution in [0.25, 0.3) is 15.9 Å². The van der Waals surface area contributed by atoms with Crippen LogP contribution in [0, 0.1) is 12.8 Å². The molecular weight excluding hydrogens is 490 g/mol. The first-order valence-electron chi connectivity index (χ1n) is 12.1. The number of aryl methyl sites for hydroxylation is 1. The van der Waals surface area contributed by atoms with Crippen molar-refractivity contribution in [3.8, 4) is 5.69 Å². The first kappa shape index (κ1) is 24.7. The fourth-order valence-corrected chi connectivity index (χ4v) is 6.41. The molecular formula is C28H29N3O3S2. The van der Waals surface area contributed by atoms with Gasteiger partial charge in [0, 0.05) is 17.8 Å². The standard InChI is InChI=1S/C28H29N3O3S2/c1-17(2)22-13-21-23(15-34-22)36-26-25(21)27(33)31(20-11-7-8-18(3)12-20)28(30-26)35-16-24(32)29-14-19-9-5-4-6-10-19/h4-12,17,22H,13-16H2,1-3H3,(H,29,32)/t22-/m1/s1. The van der Waals surface area contributed by atoms with Crippen LogP contribution in [0.2, 0.25) is 0 Å². The molecule has 1 amide bonds. The molecule has 6 nitrogen and oxygen atoms in total. The number of carbonyl (C=O) groups is 1. The lowest BCUT2D eigenvalue weighted by atomic mass is 9.96. The van der Waals surface area contributed by atoms with Crippen LogP contribution in [-0.2, 0) is 29.1 Å². The number of hydrogen-bond donors (Lipinski definition) is 1. The first-order valence-corrected chi connectivity index (χ1v) is 13.9. The van der Waals surface area contributed by atoms with Crippen LogP contribution >= 0.6 is 23.1 Å². The SMILES string of the molecule is Cc1cccc(-n2c(SCC(=O)NCc3ccccc3)nc3sc4c(c3c2=O)C[C@H](C(C)C)OC4)c1. The van der Waals surface area contributed by atoms with Gasteiger partial charge < -0.3 is 10.1 Å². The molecule has 2 aromatic carbocycles. The lowest BCUT2D eigenvalue weighted by Gasteiger charge is -2.26. The van der Waals surface area contributed by atoms with Gasteiger partial charge in [-0.25, -0.2) is 4.98 Å². The van der Waals surface area contributed by atoms with Gasteiger partial charge in [-0.2, -0.15) is 0 Å². The Labute approximate surface area is 218 Å². The molecule has 4 aromatic rings. The van der Waals surface area contributed by atoms with E-state index >= 15 is 0 Å². The second kappa shape index (κ2) is 10.6. The molecule has 0 spiro atoms. The quantitative estimate of drug-likeness (QED) is 0.266. The zero-order chi connectivity index (χ0) is 25.2. The zero-order valence-electron chi connectivity index (χ0n) is 20.6. The lowest BCUT2D eigenvalue weighted by molar-refractivity contribution is -0.118. The van der Waals surface area contributed by atoms with E-state index in [1.54, 1.807) is 4.57 Å². The summed E-state index contributed by atoms with van der Waals surface area (Å²) in [4.78, 5) is 33.3. The lowest BCUT2D eigenvalue weighted by Crippen LogP contribution is -2.28. The minimum absolute atomic E-state index is 0.0836. The molecule has 5 rings (SSSR count). The second-order valence-electron chi connectivity index (χ2n) is 9.41. The number of nitrogens with zero attached hydrogens (tertiary/aromatic N) is 2. The summed E-state index contributed by atoms with van der Waals surface area (Å²) in [5.41, 5.74) is 3.83. The molecule has 1 aliphatic heterocycles. The molecule has 0 unspecified atom stereocenters. The number of thioether (sulfide) groups is 1. The number of thiophene rings is 1. The summed E-state index contributed by atoms with van der Waals surface area (Å²) in [5, 5.41) is 4.16. The molecule has 8 heteroatoms. The maximum absolute atomic E-state index is 14.0. The van der Waals surface area contributed by atoms with Crippen molar-refractivity contribution in [1.82, 2.24) is 14.9 Å². The maximum atomic E-state index is 14.0. The minimum atomic E-state index is -0.104. The van der Waals surface area contributed by atoms with E-state index in [4.69, 9.17) is 9.72 Å². The van der Waals surface area contributed by atoms with Gasteiger partial charge in [0.25, 0.3) is 5.56 Å². The van der Waals surface area contributed by atoms with Gasteiger partial charge in [-0.1, -0.05) is 68.1 Å². The van der Waals surface area contributed by atoms with E-state index in [1.165, 1.54) is 23.1 Å². The van der Waals surface area contributed by atoms with E-state index in [2.05, 4.69) is 19.2 Å². The number of amides is 1. The summed E-state index contributed by atoms with van der Waals surface area (Å²) < 4.78 is 7.72. The fourth-order valence-electron chi connectivity index (χ4n) is 4.41. The Morgan fingerprint density at radius 3 is 2.78 bits per heavy atom. The average Bonchev–Trinajstić information content (AvgIpc) is 3.24. The Kier molecular flexibility index (Phi) is 7.27. The molecule has 0 radical (unpaired) electrons. The second-order valence-corrected chi connectivity index (χ2v) is 11.4. The molecule has 186 valence electrons. The maximum Gasteiger partial charge on any atom is 0.267 e. The van der Waals surface area contributed by atoms with E-state index in [0.717, 1.165) is 27.3 Å². The van der Waals surface area contributed by atoms with Gasteiger partial charge in [0.2, 0.25) is 5.91 Å². The molecule has 1 N–H and O–H groups in total. The van der Waals surface area contributed by atoms with Gasteiger partial charge in [0.1, 0.15) is 4.83 Å². The van der Waals surface area contributed by atoms with Crippen LogP contribution in [0.5, 0.6) is 0 Å². The molecule has 1 atom stereocenters. The van der Waals surface area contributed by atoms with Gasteiger partial charge in [0.05, 0.1) is 29.5 Å². The molecule has 0 bridgehead atoms. The van der Waals surface area contributed by atoms with Crippen molar-refractivity contribution in [3.05, 3.63) is 86.5 Å². The van der Waals surface area contributed by atoms with Crippen molar-refractivity contribution in [1.29, 1.82) is 0 Å². The number of hydrogen-bond acceptors (Lipinski definition) is 6. The van der Waals surface area contributed by atoms with Crippen molar-refractivity contribution in [3.63, 3.8) is 0 Å². The third kappa shape index (κ3) is 5.12. The number of ether oxygens (including phenoxy) is 1. The highest BCUT2D eigenvalue weighted by molar-refractivity contribution is 7.99. The fraction of sp³-hybridized carbons (Fsp3) is 0.321. The van der Waals surface area contributed by atoms with E-state index < -0.39 is 0 Å². The summed E-state index contributed by atoms with van der Waals surface area (Å²) in [6.45, 7) is 7.26. The molecule has 36 heavy (non-hydrogen) atoms. The van der Waals surface area contributed by atoms with Gasteiger partial charge in [-0.15, -0.1) is 11.3 Å². The van der Waals surface area contributed by atoms with Gasteiger partial charge in [-0.3, -0.25) is 14.2 Å². The topological polar surface area (TPSA) is 73.2 Å². The summed E-state index contributed by atoms with van der Waals surface area (Å²) in [5.74, 6) is 0.428. The van der Waals surface area contributed by atoms with Crippen molar-refractivity contribution in [2.75, 3.05) is 5.75 Å². The Hall–Kier alpha value is -2.94. The van der Waals surface area contributed by atoms with Crippen LogP contribution in [0.1, 0.15) is 35.4 Å². The number of carbonyl (C=O) groups excluding carboxylic acids is 1. The Morgan fingerprint density at radius 2 is 2.03 bits per heavy atom. The summed E-state index contributed by atoms with van der Waals surface area (Å²) in [6.07, 6.45) is 0.802. The largest absolute Gasteiger partial charge is 0.372 e. The molecule has 1 aliphatic rings. The number of rotatable bonds is 7. The number of aromatic nitrogens is 2. The molecule has 0 aliphatic carbocycles. The summed E-state index contributed by atoms with van der Waals surface area (Å²) in [7, 11) is 0. The highest BCUT2D eigenvalue weighted by Gasteiger charge is 2.29. The van der Waals surface area contributed by atoms with Crippen LogP contribution in [0.15, 0.2) is 64.5 Å². The highest BCUT2D eigenvalue weighted by Crippen LogP contribution is 2.36. The monoisotopic (exact) mass is 519 g/mol. The summed E-state index contributed by atoms with van der Waals surface area (Å²) in [6, 6.07) is 17.6. The van der Waals surface area contributed by atoms with Crippen LogP contribution in [0.3, 0.4) is 0 Å². The van der Waals surface area contributed by atoms with E-state index in [1.807, 2.05) is 61.5 Å². The first-order chi connectivity index (χ1) is 17.4. The van der Waals surface area contributed by atoms with E-state index in [0.29, 0.717) is 40.9 Å². The minimum Gasteiger partial charge on any atom is -0.372 e. The van der Waals surface area contributed by atoms with Crippen molar-refractivity contribution < 1.29 is 9.53 Å². The smallest absolute Gasteiger partial charge is 0.267 e. The van der Waals surface area contributed by atoms with Crippen LogP contribution in [-0.4, -0.2) is 27.3 Å². The third-order valence-electron chi connectivity index (χ3n) is 6.38. The van der Waals surface area contributed by atoms with Gasteiger partial charge in [0.15, 0.2) is 5.16 Å². The van der Waals surface area contributed by atoms with Gasteiger partial charge in [-0.05, 0) is 41.7 Å². The van der Waals surface area contributed by atoms with E-state index in [-0.39, 0.29) is 23.3 Å². The molecule has 2 aromatic heterocycles. The summed E-state index contributed by atoms with van der Waals surface area (Å²) >= 11 is 2.81. The van der Waals surface area contributed by atoms with E-state index in [9.17, 15) is 9.59 Å². The average molecular weight is 520 g/mol. The Bertz CT molecular complexity index is 1460. The van der Waals surface area contributed by atoms with Crippen molar-refractivity contribution in [2.45, 2.75) is 51.6 Å². The number of benzene rings is 2. The Balaban J connectivity index is 1.49. The van der Waals surface area contributed by atoms with Crippen LogP contribution in [0.4, 0.5) is 0 Å².